The van der Waals surface area contributed by atoms with Crippen molar-refractivity contribution in [3.8, 4) is 0 Å². The molecule has 2 nitrogen and oxygen atoms in total. The fraction of sp³-hybridized carbons (Fsp3) is 0.417. The molecule has 1 N–H and O–H groups in total. The van der Waals surface area contributed by atoms with Gasteiger partial charge in [-0.2, -0.15) is 0 Å². The van der Waals surface area contributed by atoms with E-state index in [1.54, 1.807) is 17.8 Å². The molecule has 2 unspecified atom stereocenters. The lowest BCUT2D eigenvalue weighted by atomic mass is 10.2. The second-order valence-corrected chi connectivity index (χ2v) is 6.45. The van der Waals surface area contributed by atoms with Gasteiger partial charge in [-0.1, -0.05) is 24.8 Å². The molecule has 0 aromatic heterocycles. The average molecular weight is 317 g/mol. The predicted molar refractivity (Wildman–Crippen MR) is 76.3 cm³/mol. The molecule has 0 amide bonds. The van der Waals surface area contributed by atoms with E-state index < -0.39 is 0 Å². The minimum Gasteiger partial charge on any atom is -0.332 e. The van der Waals surface area contributed by atoms with Gasteiger partial charge in [0.1, 0.15) is 5.82 Å². The molecule has 0 aliphatic carbocycles. The Morgan fingerprint density at radius 2 is 2.24 bits per heavy atom. The molecule has 0 spiro atoms. The Balaban J connectivity index is 2.21. The number of aliphatic imine (C=N–C) groups is 1. The van der Waals surface area contributed by atoms with E-state index in [1.807, 2.05) is 6.07 Å². The highest BCUT2D eigenvalue weighted by molar-refractivity contribution is 9.10. The molecule has 5 heteroatoms. The van der Waals surface area contributed by atoms with Gasteiger partial charge in [-0.3, -0.25) is 4.99 Å². The minimum absolute atomic E-state index is 0.270. The summed E-state index contributed by atoms with van der Waals surface area (Å²) in [6.45, 7) is 4.24. The van der Waals surface area contributed by atoms with Crippen LogP contribution < -0.4 is 5.32 Å². The number of nitrogens with zero attached hydrogens (tertiary/aromatic N) is 1. The molecule has 0 radical (unpaired) electrons. The number of amidine groups is 1. The number of halogens is 2. The second kappa shape index (κ2) is 5.40. The lowest BCUT2D eigenvalue weighted by Crippen LogP contribution is -2.23. The van der Waals surface area contributed by atoms with Crippen molar-refractivity contribution in [2.45, 2.75) is 31.6 Å². The second-order valence-electron chi connectivity index (χ2n) is 4.17. The molecule has 1 aliphatic heterocycles. The van der Waals surface area contributed by atoms with Crippen LogP contribution in [0.5, 0.6) is 0 Å². The quantitative estimate of drug-likeness (QED) is 0.836. The fourth-order valence-electron chi connectivity index (χ4n) is 1.79. The average Bonchev–Trinajstić information content (AvgIpc) is 2.22. The molecule has 1 aromatic rings. The van der Waals surface area contributed by atoms with Crippen molar-refractivity contribution < 1.29 is 4.39 Å². The van der Waals surface area contributed by atoms with Gasteiger partial charge in [-0.25, -0.2) is 4.39 Å². The molecule has 2 rings (SSSR count). The first-order valence-corrected chi connectivity index (χ1v) is 7.19. The van der Waals surface area contributed by atoms with Crippen LogP contribution in [0.15, 0.2) is 27.7 Å². The zero-order valence-electron chi connectivity index (χ0n) is 9.71. The highest BCUT2D eigenvalue weighted by atomic mass is 79.9. The number of anilines is 1. The maximum absolute atomic E-state index is 13.6. The van der Waals surface area contributed by atoms with Crippen molar-refractivity contribution in [2.24, 2.45) is 4.99 Å². The van der Waals surface area contributed by atoms with Crippen molar-refractivity contribution in [3.63, 3.8) is 0 Å². The molecule has 0 fully saturated rings. The third-order valence-corrected chi connectivity index (χ3v) is 4.20. The van der Waals surface area contributed by atoms with Crippen LogP contribution in [0, 0.1) is 5.82 Å². The van der Waals surface area contributed by atoms with E-state index in [0.29, 0.717) is 21.5 Å². The zero-order valence-corrected chi connectivity index (χ0v) is 12.1. The highest BCUT2D eigenvalue weighted by Crippen LogP contribution is 2.30. The van der Waals surface area contributed by atoms with Gasteiger partial charge in [-0.15, -0.1) is 0 Å². The zero-order chi connectivity index (χ0) is 12.4. The van der Waals surface area contributed by atoms with Gasteiger partial charge in [0.05, 0.1) is 11.7 Å². The number of para-hydroxylation sites is 1. The smallest absolute Gasteiger partial charge is 0.161 e. The van der Waals surface area contributed by atoms with E-state index in [-0.39, 0.29) is 5.82 Å². The Morgan fingerprint density at radius 1 is 1.47 bits per heavy atom. The van der Waals surface area contributed by atoms with Gasteiger partial charge in [-0.05, 0) is 41.4 Å². The van der Waals surface area contributed by atoms with Crippen LogP contribution >= 0.6 is 27.7 Å². The molecular weight excluding hydrogens is 303 g/mol. The summed E-state index contributed by atoms with van der Waals surface area (Å²) in [6, 6.07) is 5.21. The van der Waals surface area contributed by atoms with Crippen LogP contribution in [0.2, 0.25) is 0 Å². The molecule has 1 aromatic carbocycles. The van der Waals surface area contributed by atoms with Crippen LogP contribution in [0.1, 0.15) is 20.3 Å². The van der Waals surface area contributed by atoms with E-state index in [2.05, 4.69) is 40.1 Å². The van der Waals surface area contributed by atoms with Crippen LogP contribution in [0.4, 0.5) is 10.1 Å². The van der Waals surface area contributed by atoms with Crippen molar-refractivity contribution in [3.05, 3.63) is 28.5 Å². The van der Waals surface area contributed by atoms with Gasteiger partial charge in [0.25, 0.3) is 0 Å². The molecule has 1 aliphatic rings. The predicted octanol–water partition coefficient (Wildman–Crippen LogP) is 4.27. The summed E-state index contributed by atoms with van der Waals surface area (Å²) in [5.74, 6) is -0.270. The molecule has 0 saturated heterocycles. The Morgan fingerprint density at radius 3 is 2.88 bits per heavy atom. The summed E-state index contributed by atoms with van der Waals surface area (Å²) in [7, 11) is 0. The molecule has 2 atom stereocenters. The normalized spacial score (nSPS) is 24.4. The highest BCUT2D eigenvalue weighted by Gasteiger charge is 2.19. The number of thioether (sulfide) groups is 1. The summed E-state index contributed by atoms with van der Waals surface area (Å²) in [4.78, 5) is 4.49. The molecular formula is C12H14BrFN2S. The van der Waals surface area contributed by atoms with Gasteiger partial charge in [0, 0.05) is 9.72 Å². The maximum atomic E-state index is 13.6. The third-order valence-electron chi connectivity index (χ3n) is 2.52. The molecule has 92 valence electrons. The largest absolute Gasteiger partial charge is 0.332 e. The number of benzene rings is 1. The third kappa shape index (κ3) is 3.22. The Labute approximate surface area is 113 Å². The van der Waals surface area contributed by atoms with E-state index in [0.717, 1.165) is 11.6 Å². The van der Waals surface area contributed by atoms with E-state index in [1.165, 1.54) is 6.07 Å². The first-order chi connectivity index (χ1) is 8.06. The van der Waals surface area contributed by atoms with E-state index >= 15 is 0 Å². The molecule has 0 bridgehead atoms. The molecule has 17 heavy (non-hydrogen) atoms. The van der Waals surface area contributed by atoms with E-state index in [9.17, 15) is 4.39 Å². The summed E-state index contributed by atoms with van der Waals surface area (Å²) >= 11 is 4.99. The molecule has 1 heterocycles. The van der Waals surface area contributed by atoms with Gasteiger partial charge < -0.3 is 5.32 Å². The van der Waals surface area contributed by atoms with Crippen molar-refractivity contribution in [1.82, 2.24) is 0 Å². The van der Waals surface area contributed by atoms with Crippen LogP contribution in [0.3, 0.4) is 0 Å². The first-order valence-electron chi connectivity index (χ1n) is 5.51. The topological polar surface area (TPSA) is 24.4 Å². The lowest BCUT2D eigenvalue weighted by molar-refractivity contribution is 0.631. The van der Waals surface area contributed by atoms with Crippen LogP contribution in [-0.2, 0) is 0 Å². The summed E-state index contributed by atoms with van der Waals surface area (Å²) in [5.41, 5.74) is 0.458. The first kappa shape index (κ1) is 12.9. The minimum atomic E-state index is -0.270. The number of hydrogen-bond acceptors (Lipinski definition) is 3. The Bertz CT molecular complexity index is 430. The maximum Gasteiger partial charge on any atom is 0.161 e. The number of nitrogens with one attached hydrogen (secondary N) is 1. The van der Waals surface area contributed by atoms with Crippen molar-refractivity contribution >= 4 is 38.5 Å². The lowest BCUT2D eigenvalue weighted by Gasteiger charge is -2.23. The monoisotopic (exact) mass is 316 g/mol. The van der Waals surface area contributed by atoms with Gasteiger partial charge in [0.2, 0.25) is 0 Å². The summed E-state index contributed by atoms with van der Waals surface area (Å²) < 4.78 is 14.4. The van der Waals surface area contributed by atoms with Gasteiger partial charge >= 0.3 is 0 Å². The van der Waals surface area contributed by atoms with Gasteiger partial charge in [0.15, 0.2) is 5.17 Å². The van der Waals surface area contributed by atoms with Crippen LogP contribution in [-0.4, -0.2) is 16.5 Å². The summed E-state index contributed by atoms with van der Waals surface area (Å²) in [6.07, 6.45) is 1.06. The van der Waals surface area contributed by atoms with E-state index in [4.69, 9.17) is 0 Å². The van der Waals surface area contributed by atoms with Crippen LogP contribution in [0.25, 0.3) is 0 Å². The Hall–Kier alpha value is -0.550. The fourth-order valence-corrected chi connectivity index (χ4v) is 3.39. The summed E-state index contributed by atoms with van der Waals surface area (Å²) in [5, 5.41) is 4.37. The Kier molecular flexibility index (Phi) is 4.09. The molecule has 0 saturated carbocycles. The number of hydrogen-bond donors (Lipinski definition) is 1. The standard InChI is InChI=1S/C12H14BrFN2S/c1-7-6-8(2)17-12(15-7)16-11-9(13)4-3-5-10(11)14/h3-5,7-8H,6H2,1-2H3,(H,15,16). The van der Waals surface area contributed by atoms with Crippen molar-refractivity contribution in [2.75, 3.05) is 5.32 Å². The number of rotatable bonds is 1. The SMILES string of the molecule is CC1CC(C)SC(Nc2c(F)cccc2Br)=N1. The van der Waals surface area contributed by atoms with Crippen molar-refractivity contribution in [1.29, 1.82) is 0 Å².